The van der Waals surface area contributed by atoms with Crippen molar-refractivity contribution in [3.63, 3.8) is 0 Å². The standard InChI is InChI=1S/C20H23NO4/c1-13-4-6-17(23-3)16(10-13)21-20(22)11-14(2)15-5-7-18-19(12-15)25-9-8-24-18/h4-7,10,12,14H,8-9,11H2,1-3H3,(H,21,22). The van der Waals surface area contributed by atoms with E-state index in [1.807, 2.05) is 50.2 Å². The number of hydrogen-bond donors (Lipinski definition) is 1. The van der Waals surface area contributed by atoms with Gasteiger partial charge in [-0.15, -0.1) is 0 Å². The molecule has 132 valence electrons. The lowest BCUT2D eigenvalue weighted by molar-refractivity contribution is -0.116. The summed E-state index contributed by atoms with van der Waals surface area (Å²) < 4.78 is 16.5. The van der Waals surface area contributed by atoms with Crippen molar-refractivity contribution in [3.8, 4) is 17.2 Å². The first-order chi connectivity index (χ1) is 12.1. The van der Waals surface area contributed by atoms with Crippen LogP contribution in [-0.2, 0) is 4.79 Å². The van der Waals surface area contributed by atoms with Gasteiger partial charge in [0.25, 0.3) is 0 Å². The van der Waals surface area contributed by atoms with Gasteiger partial charge in [0.2, 0.25) is 5.91 Å². The maximum Gasteiger partial charge on any atom is 0.225 e. The van der Waals surface area contributed by atoms with Gasteiger partial charge in [-0.2, -0.15) is 0 Å². The van der Waals surface area contributed by atoms with E-state index < -0.39 is 0 Å². The maximum absolute atomic E-state index is 12.4. The Morgan fingerprint density at radius 2 is 1.92 bits per heavy atom. The molecule has 5 nitrogen and oxygen atoms in total. The SMILES string of the molecule is COc1ccc(C)cc1NC(=O)CC(C)c1ccc2c(c1)OCCO2. The van der Waals surface area contributed by atoms with Crippen LogP contribution in [0.25, 0.3) is 0 Å². The largest absolute Gasteiger partial charge is 0.495 e. The first-order valence-corrected chi connectivity index (χ1v) is 8.41. The fraction of sp³-hybridized carbons (Fsp3) is 0.350. The van der Waals surface area contributed by atoms with Crippen molar-refractivity contribution in [2.24, 2.45) is 0 Å². The van der Waals surface area contributed by atoms with E-state index in [-0.39, 0.29) is 11.8 Å². The Labute approximate surface area is 147 Å². The van der Waals surface area contributed by atoms with Gasteiger partial charge < -0.3 is 19.5 Å². The Hall–Kier alpha value is -2.69. The van der Waals surface area contributed by atoms with Gasteiger partial charge >= 0.3 is 0 Å². The van der Waals surface area contributed by atoms with Crippen LogP contribution in [0.4, 0.5) is 5.69 Å². The van der Waals surface area contributed by atoms with E-state index in [1.54, 1.807) is 7.11 Å². The molecule has 0 saturated carbocycles. The van der Waals surface area contributed by atoms with Gasteiger partial charge in [-0.1, -0.05) is 19.1 Å². The van der Waals surface area contributed by atoms with Crippen LogP contribution in [0.3, 0.4) is 0 Å². The third-order valence-corrected chi connectivity index (χ3v) is 4.26. The van der Waals surface area contributed by atoms with E-state index in [0.29, 0.717) is 31.1 Å². The number of fused-ring (bicyclic) bond motifs is 1. The van der Waals surface area contributed by atoms with Gasteiger partial charge in [0.1, 0.15) is 19.0 Å². The lowest BCUT2D eigenvalue weighted by Crippen LogP contribution is -2.17. The number of anilines is 1. The van der Waals surface area contributed by atoms with Crippen molar-refractivity contribution in [1.29, 1.82) is 0 Å². The van der Waals surface area contributed by atoms with Crippen molar-refractivity contribution in [2.45, 2.75) is 26.2 Å². The number of hydrogen-bond acceptors (Lipinski definition) is 4. The van der Waals surface area contributed by atoms with E-state index in [4.69, 9.17) is 14.2 Å². The van der Waals surface area contributed by atoms with Gasteiger partial charge in [-0.25, -0.2) is 0 Å². The highest BCUT2D eigenvalue weighted by molar-refractivity contribution is 5.92. The number of nitrogens with one attached hydrogen (secondary N) is 1. The minimum atomic E-state index is -0.0497. The fourth-order valence-electron chi connectivity index (χ4n) is 2.88. The normalized spacial score (nSPS) is 13.9. The minimum Gasteiger partial charge on any atom is -0.495 e. The van der Waals surface area contributed by atoms with Crippen molar-refractivity contribution in [2.75, 3.05) is 25.6 Å². The van der Waals surface area contributed by atoms with Gasteiger partial charge in [-0.3, -0.25) is 4.79 Å². The average Bonchev–Trinajstić information content (AvgIpc) is 2.61. The second-order valence-corrected chi connectivity index (χ2v) is 6.26. The molecule has 2 aromatic rings. The number of carbonyl (C=O) groups is 1. The smallest absolute Gasteiger partial charge is 0.225 e. The summed E-state index contributed by atoms with van der Waals surface area (Å²) in [6.07, 6.45) is 0.372. The summed E-state index contributed by atoms with van der Waals surface area (Å²) in [6, 6.07) is 11.6. The lowest BCUT2D eigenvalue weighted by atomic mass is 9.97. The second-order valence-electron chi connectivity index (χ2n) is 6.26. The molecular formula is C20H23NO4. The molecule has 0 bridgehead atoms. The first kappa shape index (κ1) is 17.1. The molecule has 1 unspecified atom stereocenters. The summed E-state index contributed by atoms with van der Waals surface area (Å²) >= 11 is 0. The van der Waals surface area contributed by atoms with Gasteiger partial charge in [-0.05, 0) is 48.2 Å². The van der Waals surface area contributed by atoms with Crippen molar-refractivity contribution >= 4 is 11.6 Å². The molecule has 0 saturated heterocycles. The molecule has 5 heteroatoms. The molecular weight excluding hydrogens is 318 g/mol. The number of aryl methyl sites for hydroxylation is 1. The third-order valence-electron chi connectivity index (χ3n) is 4.26. The number of methoxy groups -OCH3 is 1. The zero-order chi connectivity index (χ0) is 17.8. The predicted octanol–water partition coefficient (Wildman–Crippen LogP) is 3.91. The van der Waals surface area contributed by atoms with E-state index in [0.717, 1.165) is 22.6 Å². The minimum absolute atomic E-state index is 0.0497. The summed E-state index contributed by atoms with van der Waals surface area (Å²) in [7, 11) is 1.60. The summed E-state index contributed by atoms with van der Waals surface area (Å²) in [4.78, 5) is 12.4. The molecule has 1 N–H and O–H groups in total. The molecule has 1 atom stereocenters. The molecule has 1 heterocycles. The van der Waals surface area contributed by atoms with Crippen LogP contribution in [0.1, 0.15) is 30.4 Å². The molecule has 0 aromatic heterocycles. The number of ether oxygens (including phenoxy) is 3. The molecule has 1 aliphatic rings. The molecule has 0 radical (unpaired) electrons. The van der Waals surface area contributed by atoms with E-state index in [9.17, 15) is 4.79 Å². The maximum atomic E-state index is 12.4. The molecule has 0 aliphatic carbocycles. The molecule has 1 aliphatic heterocycles. The Kier molecular flexibility index (Phi) is 5.12. The highest BCUT2D eigenvalue weighted by Crippen LogP contribution is 2.34. The zero-order valence-electron chi connectivity index (χ0n) is 14.8. The van der Waals surface area contributed by atoms with E-state index >= 15 is 0 Å². The van der Waals surface area contributed by atoms with Gasteiger partial charge in [0.15, 0.2) is 11.5 Å². The molecule has 3 rings (SSSR count). The summed E-state index contributed by atoms with van der Waals surface area (Å²) in [5.74, 6) is 2.18. The Balaban J connectivity index is 1.67. The van der Waals surface area contributed by atoms with Crippen LogP contribution >= 0.6 is 0 Å². The van der Waals surface area contributed by atoms with Crippen molar-refractivity contribution in [1.82, 2.24) is 0 Å². The molecule has 0 spiro atoms. The average molecular weight is 341 g/mol. The fourth-order valence-corrected chi connectivity index (χ4v) is 2.88. The highest BCUT2D eigenvalue weighted by Gasteiger charge is 2.17. The van der Waals surface area contributed by atoms with Crippen LogP contribution in [0.2, 0.25) is 0 Å². The molecule has 25 heavy (non-hydrogen) atoms. The van der Waals surface area contributed by atoms with Crippen LogP contribution in [0, 0.1) is 6.92 Å². The summed E-state index contributed by atoms with van der Waals surface area (Å²) in [6.45, 7) is 5.13. The number of rotatable bonds is 5. The van der Waals surface area contributed by atoms with Crippen LogP contribution in [0.15, 0.2) is 36.4 Å². The molecule has 1 amide bonds. The Morgan fingerprint density at radius 3 is 2.68 bits per heavy atom. The predicted molar refractivity (Wildman–Crippen MR) is 96.8 cm³/mol. The van der Waals surface area contributed by atoms with Crippen molar-refractivity contribution < 1.29 is 19.0 Å². The monoisotopic (exact) mass is 341 g/mol. The lowest BCUT2D eigenvalue weighted by Gasteiger charge is -2.20. The van der Waals surface area contributed by atoms with Crippen LogP contribution in [-0.4, -0.2) is 26.2 Å². The quantitative estimate of drug-likeness (QED) is 0.896. The number of carbonyl (C=O) groups excluding carboxylic acids is 1. The van der Waals surface area contributed by atoms with Crippen LogP contribution < -0.4 is 19.5 Å². The summed E-state index contributed by atoms with van der Waals surface area (Å²) in [5.41, 5.74) is 2.81. The molecule has 2 aromatic carbocycles. The van der Waals surface area contributed by atoms with Gasteiger partial charge in [0.05, 0.1) is 12.8 Å². The van der Waals surface area contributed by atoms with E-state index in [1.165, 1.54) is 0 Å². The third kappa shape index (κ3) is 4.05. The Morgan fingerprint density at radius 1 is 1.16 bits per heavy atom. The zero-order valence-corrected chi connectivity index (χ0v) is 14.8. The van der Waals surface area contributed by atoms with Crippen molar-refractivity contribution in [3.05, 3.63) is 47.5 Å². The number of benzene rings is 2. The topological polar surface area (TPSA) is 56.8 Å². The van der Waals surface area contributed by atoms with Crippen LogP contribution in [0.5, 0.6) is 17.2 Å². The van der Waals surface area contributed by atoms with E-state index in [2.05, 4.69) is 5.32 Å². The van der Waals surface area contributed by atoms with Gasteiger partial charge in [0, 0.05) is 6.42 Å². The highest BCUT2D eigenvalue weighted by atomic mass is 16.6. The Bertz CT molecular complexity index is 772. The second kappa shape index (κ2) is 7.47. The first-order valence-electron chi connectivity index (χ1n) is 8.41. The molecule has 0 fully saturated rings. The number of amides is 1. The summed E-state index contributed by atoms with van der Waals surface area (Å²) in [5, 5.41) is 2.95.